The average Bonchev–Trinajstić information content (AvgIpc) is 3.40. The molecule has 2 fully saturated rings. The third kappa shape index (κ3) is 6.86. The highest BCUT2D eigenvalue weighted by molar-refractivity contribution is 7.99. The van der Waals surface area contributed by atoms with Crippen molar-refractivity contribution in [3.05, 3.63) is 60.4 Å². The predicted octanol–water partition coefficient (Wildman–Crippen LogP) is 4.46. The first-order chi connectivity index (χ1) is 17.6. The Morgan fingerprint density at radius 3 is 2.49 bits per heavy atom. The quantitative estimate of drug-likeness (QED) is 0.432. The topological polar surface area (TPSA) is 81.3 Å². The number of nitrogens with one attached hydrogen (secondary N) is 2. The van der Waals surface area contributed by atoms with Gasteiger partial charge in [-0.1, -0.05) is 12.1 Å². The fourth-order valence-electron chi connectivity index (χ4n) is 5.52. The Balaban J connectivity index is 0.00000320. The monoisotopic (exact) mass is 541 g/mol. The number of thioether (sulfide) groups is 1. The number of H-pyrrole nitrogens is 1. The number of aromatic nitrogens is 2. The summed E-state index contributed by atoms with van der Waals surface area (Å²) >= 11 is 1.50. The van der Waals surface area contributed by atoms with Crippen molar-refractivity contribution >= 4 is 46.9 Å². The summed E-state index contributed by atoms with van der Waals surface area (Å²) in [6.45, 7) is 3.89. The van der Waals surface area contributed by atoms with Crippen LogP contribution in [-0.4, -0.2) is 76.6 Å². The summed E-state index contributed by atoms with van der Waals surface area (Å²) in [5.74, 6) is 1.70. The second-order valence-corrected chi connectivity index (χ2v) is 11.1. The summed E-state index contributed by atoms with van der Waals surface area (Å²) < 4.78 is 0. The number of nitrogens with zero attached hydrogens (tertiary/aromatic N) is 3. The molecule has 198 valence electrons. The molecule has 2 aliphatic heterocycles. The molecule has 0 saturated carbocycles. The number of aromatic amines is 1. The zero-order valence-corrected chi connectivity index (χ0v) is 22.9. The minimum Gasteiger partial charge on any atom is -0.361 e. The van der Waals surface area contributed by atoms with Gasteiger partial charge in [0.25, 0.3) is 5.91 Å². The number of rotatable bonds is 7. The van der Waals surface area contributed by atoms with Gasteiger partial charge in [-0.25, -0.2) is 4.98 Å². The van der Waals surface area contributed by atoms with Crippen LogP contribution >= 0.6 is 24.2 Å². The van der Waals surface area contributed by atoms with Crippen molar-refractivity contribution in [2.24, 2.45) is 11.8 Å². The summed E-state index contributed by atoms with van der Waals surface area (Å²) in [4.78, 5) is 38.7. The number of amides is 2. The van der Waals surface area contributed by atoms with E-state index >= 15 is 0 Å². The summed E-state index contributed by atoms with van der Waals surface area (Å²) in [6, 6.07) is 12.7. The molecular weight excluding hydrogens is 506 g/mol. The summed E-state index contributed by atoms with van der Waals surface area (Å²) in [6.07, 6.45) is 8.24. The summed E-state index contributed by atoms with van der Waals surface area (Å²) in [7, 11) is 2.20. The molecule has 5 rings (SSSR count). The average molecular weight is 542 g/mol. The first-order valence-electron chi connectivity index (χ1n) is 13.0. The van der Waals surface area contributed by atoms with Crippen LogP contribution in [0.1, 0.15) is 36.0 Å². The molecule has 0 unspecified atom stereocenters. The molecule has 9 heteroatoms. The number of fused-ring (bicyclic) bond motifs is 1. The van der Waals surface area contributed by atoms with Crippen molar-refractivity contribution in [2.45, 2.75) is 36.8 Å². The highest BCUT2D eigenvalue weighted by Gasteiger charge is 2.33. The molecule has 2 amide bonds. The Bertz CT molecular complexity index is 1170. The molecule has 1 aromatic carbocycles. The molecule has 4 heterocycles. The maximum absolute atomic E-state index is 13.6. The molecule has 3 aromatic rings. The van der Waals surface area contributed by atoms with E-state index in [1.165, 1.54) is 37.7 Å². The molecule has 0 aliphatic carbocycles. The van der Waals surface area contributed by atoms with Crippen LogP contribution < -0.4 is 5.32 Å². The molecule has 7 nitrogen and oxygen atoms in total. The van der Waals surface area contributed by atoms with Crippen LogP contribution in [-0.2, 0) is 4.79 Å². The van der Waals surface area contributed by atoms with E-state index in [1.54, 1.807) is 6.20 Å². The van der Waals surface area contributed by atoms with Crippen LogP contribution in [0.15, 0.2) is 59.9 Å². The van der Waals surface area contributed by atoms with Crippen LogP contribution in [0.25, 0.3) is 10.9 Å². The van der Waals surface area contributed by atoms with Gasteiger partial charge in [0.05, 0.1) is 5.03 Å². The van der Waals surface area contributed by atoms with E-state index in [0.29, 0.717) is 17.2 Å². The van der Waals surface area contributed by atoms with Gasteiger partial charge in [-0.15, -0.1) is 24.2 Å². The zero-order chi connectivity index (χ0) is 24.9. The van der Waals surface area contributed by atoms with Crippen molar-refractivity contribution in [3.63, 3.8) is 0 Å². The Kier molecular flexibility index (Phi) is 9.51. The minimum atomic E-state index is -0.608. The lowest BCUT2D eigenvalue weighted by molar-refractivity contribution is -0.134. The molecule has 2 aromatic heterocycles. The molecular formula is C28H36ClN5O2S. The molecule has 1 atom stereocenters. The van der Waals surface area contributed by atoms with Gasteiger partial charge < -0.3 is 20.1 Å². The highest BCUT2D eigenvalue weighted by atomic mass is 35.5. The van der Waals surface area contributed by atoms with E-state index in [-0.39, 0.29) is 24.2 Å². The van der Waals surface area contributed by atoms with E-state index in [4.69, 9.17) is 0 Å². The number of carbonyl (C=O) groups excluding carboxylic acids is 2. The highest BCUT2D eigenvalue weighted by Crippen LogP contribution is 2.32. The van der Waals surface area contributed by atoms with Crippen LogP contribution in [0.3, 0.4) is 0 Å². The van der Waals surface area contributed by atoms with Crippen molar-refractivity contribution in [3.8, 4) is 0 Å². The first kappa shape index (κ1) is 27.5. The van der Waals surface area contributed by atoms with E-state index in [9.17, 15) is 9.59 Å². The maximum Gasteiger partial charge on any atom is 0.252 e. The van der Waals surface area contributed by atoms with Gasteiger partial charge in [0.2, 0.25) is 5.91 Å². The first-order valence-corrected chi connectivity index (χ1v) is 13.9. The number of pyridine rings is 1. The molecule has 2 N–H and O–H groups in total. The second-order valence-electron chi connectivity index (χ2n) is 10.1. The third-order valence-corrected chi connectivity index (χ3v) is 8.77. The lowest BCUT2D eigenvalue weighted by Crippen LogP contribution is -2.52. The largest absolute Gasteiger partial charge is 0.361 e. The molecule has 2 aliphatic rings. The smallest absolute Gasteiger partial charge is 0.252 e. The lowest BCUT2D eigenvalue weighted by Gasteiger charge is -2.40. The maximum atomic E-state index is 13.6. The number of halogens is 1. The standard InChI is InChI=1S/C28H35N5O2S.ClH/c1-32-14-8-20(9-15-32)21-10-16-33(17-11-21)28(35)25(19-36-26-4-2-3-12-30-26)31-27(34)23-6-5-22-7-13-29-24(22)18-23;/h2-7,12-13,18,20-21,25,29H,8-11,14-17,19H2,1H3,(H,31,34);1H/t25-;/m1./s1. The normalized spacial score (nSPS) is 18.4. The zero-order valence-electron chi connectivity index (χ0n) is 21.3. The van der Waals surface area contributed by atoms with Crippen molar-refractivity contribution in [1.29, 1.82) is 0 Å². The van der Waals surface area contributed by atoms with Crippen LogP contribution in [0.5, 0.6) is 0 Å². The Labute approximate surface area is 229 Å². The summed E-state index contributed by atoms with van der Waals surface area (Å²) in [5, 5.41) is 4.94. The molecule has 0 spiro atoms. The van der Waals surface area contributed by atoms with Crippen LogP contribution in [0, 0.1) is 11.8 Å². The third-order valence-electron chi connectivity index (χ3n) is 7.74. The number of piperidine rings is 2. The number of hydrogen-bond acceptors (Lipinski definition) is 5. The van der Waals surface area contributed by atoms with Crippen molar-refractivity contribution in [1.82, 2.24) is 25.1 Å². The predicted molar refractivity (Wildman–Crippen MR) is 151 cm³/mol. The van der Waals surface area contributed by atoms with Gasteiger partial charge in [-0.05, 0) is 93.4 Å². The lowest BCUT2D eigenvalue weighted by atomic mass is 9.79. The fraction of sp³-hybridized carbons (Fsp3) is 0.464. The molecule has 0 radical (unpaired) electrons. The summed E-state index contributed by atoms with van der Waals surface area (Å²) in [5.41, 5.74) is 1.45. The van der Waals surface area contributed by atoms with E-state index in [0.717, 1.165) is 47.8 Å². The van der Waals surface area contributed by atoms with Gasteiger partial charge in [-0.2, -0.15) is 0 Å². The van der Waals surface area contributed by atoms with Gasteiger partial charge in [0, 0.05) is 42.3 Å². The number of carbonyl (C=O) groups is 2. The fourth-order valence-corrected chi connectivity index (χ4v) is 6.39. The Morgan fingerprint density at radius 2 is 1.78 bits per heavy atom. The second kappa shape index (κ2) is 12.8. The van der Waals surface area contributed by atoms with Crippen LogP contribution in [0.4, 0.5) is 0 Å². The Hall–Kier alpha value is -2.55. The minimum absolute atomic E-state index is 0. The van der Waals surface area contributed by atoms with E-state index in [2.05, 4.69) is 27.2 Å². The van der Waals surface area contributed by atoms with Gasteiger partial charge >= 0.3 is 0 Å². The van der Waals surface area contributed by atoms with E-state index in [1.807, 2.05) is 53.6 Å². The van der Waals surface area contributed by atoms with Crippen LogP contribution in [0.2, 0.25) is 0 Å². The Morgan fingerprint density at radius 1 is 1.05 bits per heavy atom. The van der Waals surface area contributed by atoms with E-state index < -0.39 is 6.04 Å². The SMILES string of the molecule is CN1CCC(C2CCN(C(=O)[C@@H](CSc3ccccn3)NC(=O)c3ccc4cc[nH]c4c3)CC2)CC1.Cl. The van der Waals surface area contributed by atoms with Gasteiger partial charge in [-0.3, -0.25) is 9.59 Å². The number of likely N-dealkylation sites (tertiary alicyclic amines) is 2. The molecule has 0 bridgehead atoms. The molecule has 2 saturated heterocycles. The van der Waals surface area contributed by atoms with Gasteiger partial charge in [0.15, 0.2) is 0 Å². The number of hydrogen-bond donors (Lipinski definition) is 2. The van der Waals surface area contributed by atoms with Crippen molar-refractivity contribution < 1.29 is 9.59 Å². The van der Waals surface area contributed by atoms with Gasteiger partial charge in [0.1, 0.15) is 6.04 Å². The molecule has 37 heavy (non-hydrogen) atoms. The van der Waals surface area contributed by atoms with Crippen molar-refractivity contribution in [2.75, 3.05) is 39.0 Å². The number of benzene rings is 1.